The number of aromatic nitrogens is 1. The SMILES string of the molecule is CN=C(N)NCCC[C@H](CC(=O)[C@H](CC(C)C)NCCCC(=O)[C@H](Cc1ccccc1)NC(=O)[C@@H](CC(=O)[C@H](CC(N)=O)NC(=O)[C@@H]1C[C@@H](O)CN1C(=O)[C@@H](Cc1ccc(O)cc1)NC(C)=O)[C@@H](C)O)C(=O)N[C@@H](Cc1c[nH]c2ccccc12)C(N)=O. The normalized spacial score (nSPS) is 17.0. The summed E-state index contributed by atoms with van der Waals surface area (Å²) in [6.07, 6.45) is -1.64. The average molecular weight is 1210 g/mol. The van der Waals surface area contributed by atoms with Crippen molar-refractivity contribution in [3.8, 4) is 5.75 Å². The molecule has 1 aliphatic rings. The molecule has 0 unspecified atom stereocenters. The second-order valence-corrected chi connectivity index (χ2v) is 22.8. The Hall–Kier alpha value is -8.55. The Morgan fingerprint density at radius 1 is 0.701 bits per heavy atom. The smallest absolute Gasteiger partial charge is 0.246 e. The number of fused-ring (bicyclic) bond motifs is 1. The number of nitrogens with zero attached hydrogens (tertiary/aromatic N) is 2. The predicted octanol–water partition coefficient (Wildman–Crippen LogP) is 0.382. The lowest BCUT2D eigenvalue weighted by atomic mass is 9.89. The fourth-order valence-corrected chi connectivity index (χ4v) is 10.6. The molecule has 4 aromatic rings. The van der Waals surface area contributed by atoms with Crippen molar-refractivity contribution in [1.82, 2.24) is 41.8 Å². The number of aliphatic hydroxyl groups excluding tert-OH is 2. The molecule has 16 N–H and O–H groups in total. The van der Waals surface area contributed by atoms with Crippen LogP contribution in [0.25, 0.3) is 10.9 Å². The number of primary amides is 2. The van der Waals surface area contributed by atoms with Gasteiger partial charge < -0.3 is 74.3 Å². The van der Waals surface area contributed by atoms with Crippen LogP contribution in [0, 0.1) is 17.8 Å². The predicted molar refractivity (Wildman–Crippen MR) is 325 cm³/mol. The Morgan fingerprint density at radius 3 is 1.99 bits per heavy atom. The van der Waals surface area contributed by atoms with Gasteiger partial charge in [0.25, 0.3) is 0 Å². The Labute approximate surface area is 506 Å². The topological polar surface area (TPSA) is 413 Å². The van der Waals surface area contributed by atoms with Crippen LogP contribution in [0.2, 0.25) is 0 Å². The van der Waals surface area contributed by atoms with Crippen molar-refractivity contribution in [2.75, 3.05) is 26.7 Å². The van der Waals surface area contributed by atoms with E-state index in [-0.39, 0.29) is 87.9 Å². The number of hydrogen-bond donors (Lipinski definition) is 13. The van der Waals surface area contributed by atoms with Crippen molar-refractivity contribution >= 4 is 75.6 Å². The number of nitrogens with one attached hydrogen (secondary N) is 7. The highest BCUT2D eigenvalue weighted by Crippen LogP contribution is 2.24. The summed E-state index contributed by atoms with van der Waals surface area (Å²) in [7, 11) is 1.53. The van der Waals surface area contributed by atoms with E-state index in [0.29, 0.717) is 30.5 Å². The molecule has 3 aromatic carbocycles. The molecule has 1 aromatic heterocycles. The summed E-state index contributed by atoms with van der Waals surface area (Å²) in [6, 6.07) is 15.0. The summed E-state index contributed by atoms with van der Waals surface area (Å²) < 4.78 is 0. The first-order chi connectivity index (χ1) is 41.3. The van der Waals surface area contributed by atoms with E-state index in [1.54, 1.807) is 48.7 Å². The number of rotatable bonds is 36. The number of β-amino-alcohol motifs (C(OH)–C–C–N with tert-alkyl or cyclic N) is 1. The number of aromatic amines is 1. The number of aliphatic imine (C=N–C) groups is 1. The summed E-state index contributed by atoms with van der Waals surface area (Å²) in [6.45, 7) is 6.55. The highest BCUT2D eigenvalue weighted by atomic mass is 16.3. The van der Waals surface area contributed by atoms with Crippen LogP contribution in [0.15, 0.2) is 90.1 Å². The molecule has 0 saturated carbocycles. The standard InChI is InChI=1S/C62H86N12O13/c1-35(2)25-47(54(80)29-40(15-11-24-68-62(65)66-5)58(84)73-50(57(64)83)28-41-33-69-46-17-10-9-16-44(41)46)67-23-12-18-53(79)48(26-38-13-7-6-8-14-38)71-59(85)45(36(3)75)31-55(81)49(32-56(63)82)72-60(86)52-30-43(78)34-74(52)61(87)51(70-37(4)76)27-39-19-21-42(77)22-20-39/h6-10,13-14,16-17,19-22,33,35-36,40,43,45,47-52,67,69,75,77-78H,11-12,15,18,23-32,34H2,1-5H3,(H2,63,82)(H2,64,83)(H,70,76)(H,71,85)(H,72,86)(H,73,84)(H3,65,66,68)/t36-,40-,43-,45+,47+,48+,49+,50+,51-,52+/m1/s1. The van der Waals surface area contributed by atoms with Gasteiger partial charge in [-0.05, 0) is 86.4 Å². The van der Waals surface area contributed by atoms with Crippen molar-refractivity contribution in [2.45, 2.75) is 153 Å². The third kappa shape index (κ3) is 22.0. The Bertz CT molecular complexity index is 3040. The summed E-state index contributed by atoms with van der Waals surface area (Å²) in [5.74, 6) is -9.15. The number of phenolic OH excluding ortho intramolecular Hbond substituents is 1. The number of aromatic hydroxyl groups is 1. The number of amides is 7. The van der Waals surface area contributed by atoms with Gasteiger partial charge in [0.2, 0.25) is 41.4 Å². The molecule has 0 spiro atoms. The molecule has 1 fully saturated rings. The van der Waals surface area contributed by atoms with E-state index in [4.69, 9.17) is 17.2 Å². The zero-order valence-electron chi connectivity index (χ0n) is 50.1. The molecule has 472 valence electrons. The van der Waals surface area contributed by atoms with Gasteiger partial charge in [-0.1, -0.05) is 74.5 Å². The number of H-pyrrole nitrogens is 1. The molecule has 1 aliphatic heterocycles. The molecule has 2 heterocycles. The molecule has 87 heavy (non-hydrogen) atoms. The van der Waals surface area contributed by atoms with Gasteiger partial charge in [0.1, 0.15) is 23.9 Å². The summed E-state index contributed by atoms with van der Waals surface area (Å²) in [5, 5.41) is 49.2. The van der Waals surface area contributed by atoms with Crippen LogP contribution in [0.4, 0.5) is 0 Å². The van der Waals surface area contributed by atoms with Crippen molar-refractivity contribution in [3.05, 3.63) is 102 Å². The van der Waals surface area contributed by atoms with Crippen LogP contribution in [0.1, 0.15) is 102 Å². The fourth-order valence-electron chi connectivity index (χ4n) is 10.6. The van der Waals surface area contributed by atoms with E-state index < -0.39 is 126 Å². The number of carbonyl (C=O) groups excluding carboxylic acids is 10. The van der Waals surface area contributed by atoms with Gasteiger partial charge in [0, 0.05) is 88.6 Å². The van der Waals surface area contributed by atoms with Crippen molar-refractivity contribution < 1.29 is 63.3 Å². The van der Waals surface area contributed by atoms with Gasteiger partial charge >= 0.3 is 0 Å². The molecular formula is C62H86N12O13. The third-order valence-electron chi connectivity index (χ3n) is 15.3. The lowest BCUT2D eigenvalue weighted by molar-refractivity contribution is -0.142. The molecule has 1 saturated heterocycles. The first-order valence-corrected chi connectivity index (χ1v) is 29.4. The number of carbonyl (C=O) groups is 10. The van der Waals surface area contributed by atoms with Crippen LogP contribution < -0.4 is 49.1 Å². The molecule has 10 atom stereocenters. The minimum Gasteiger partial charge on any atom is -0.508 e. The van der Waals surface area contributed by atoms with Crippen LogP contribution in [0.5, 0.6) is 5.75 Å². The summed E-state index contributed by atoms with van der Waals surface area (Å²) in [5.41, 5.74) is 20.1. The van der Waals surface area contributed by atoms with Crippen LogP contribution in [-0.2, 0) is 67.2 Å². The van der Waals surface area contributed by atoms with Gasteiger partial charge in [-0.15, -0.1) is 0 Å². The molecule has 0 aliphatic carbocycles. The van der Waals surface area contributed by atoms with Gasteiger partial charge in [0.05, 0.1) is 42.7 Å². The van der Waals surface area contributed by atoms with Crippen molar-refractivity contribution in [1.29, 1.82) is 0 Å². The van der Waals surface area contributed by atoms with Gasteiger partial charge in [-0.3, -0.25) is 52.9 Å². The molecule has 0 radical (unpaired) electrons. The number of nitrogens with two attached hydrogens (primary N) is 3. The molecule has 25 nitrogen and oxygen atoms in total. The number of phenols is 1. The maximum absolute atomic E-state index is 14.3. The molecule has 7 amide bonds. The fraction of sp³-hybridized carbons (Fsp3) is 0.500. The van der Waals surface area contributed by atoms with Gasteiger partial charge in [-0.2, -0.15) is 0 Å². The number of para-hydroxylation sites is 1. The summed E-state index contributed by atoms with van der Waals surface area (Å²) in [4.78, 5) is 145. The largest absolute Gasteiger partial charge is 0.508 e. The average Bonchev–Trinajstić information content (AvgIpc) is 3.52. The minimum atomic E-state index is -1.66. The number of hydrogen-bond acceptors (Lipinski definition) is 15. The number of aliphatic hydroxyl groups is 2. The second-order valence-electron chi connectivity index (χ2n) is 22.8. The highest BCUT2D eigenvalue weighted by Gasteiger charge is 2.43. The number of guanidine groups is 1. The number of benzene rings is 3. The van der Waals surface area contributed by atoms with Crippen LogP contribution in [-0.4, -0.2) is 165 Å². The van der Waals surface area contributed by atoms with Crippen molar-refractivity contribution in [3.63, 3.8) is 0 Å². The Morgan fingerprint density at radius 2 is 1.34 bits per heavy atom. The maximum Gasteiger partial charge on any atom is 0.246 e. The van der Waals surface area contributed by atoms with Crippen molar-refractivity contribution in [2.24, 2.45) is 39.9 Å². The highest BCUT2D eigenvalue weighted by molar-refractivity contribution is 5.99. The number of ketones is 3. The lowest BCUT2D eigenvalue weighted by Crippen LogP contribution is -2.56. The zero-order valence-corrected chi connectivity index (χ0v) is 50.1. The monoisotopic (exact) mass is 1210 g/mol. The number of Topliss-reactive ketones (excluding diaryl/α,β-unsaturated/α-hetero) is 3. The third-order valence-corrected chi connectivity index (χ3v) is 15.3. The first-order valence-electron chi connectivity index (χ1n) is 29.4. The molecule has 5 rings (SSSR count). The Kier molecular flexibility index (Phi) is 27.0. The molecule has 25 heteroatoms. The molecular weight excluding hydrogens is 1120 g/mol. The summed E-state index contributed by atoms with van der Waals surface area (Å²) >= 11 is 0. The lowest BCUT2D eigenvalue weighted by Gasteiger charge is -2.30. The minimum absolute atomic E-state index is 0.0174. The van der Waals surface area contributed by atoms with E-state index in [9.17, 15) is 63.3 Å². The van der Waals surface area contributed by atoms with Gasteiger partial charge in [0.15, 0.2) is 23.3 Å². The Balaban J connectivity index is 1.25. The zero-order chi connectivity index (χ0) is 63.9. The van der Waals surface area contributed by atoms with E-state index in [0.717, 1.165) is 21.4 Å². The van der Waals surface area contributed by atoms with Gasteiger partial charge in [-0.25, -0.2) is 0 Å². The quantitative estimate of drug-likeness (QED) is 0.0166. The molecule has 0 bridgehead atoms. The van der Waals surface area contributed by atoms with E-state index in [2.05, 4.69) is 41.9 Å². The van der Waals surface area contributed by atoms with E-state index in [1.165, 1.54) is 33.0 Å². The van der Waals surface area contributed by atoms with E-state index >= 15 is 0 Å². The van der Waals surface area contributed by atoms with Crippen LogP contribution in [0.3, 0.4) is 0 Å². The second kappa shape index (κ2) is 34.0. The maximum atomic E-state index is 14.3. The first kappa shape index (κ1) is 69.2. The van der Waals surface area contributed by atoms with Crippen LogP contribution >= 0.6 is 0 Å². The van der Waals surface area contributed by atoms with E-state index in [1.807, 2.05) is 38.1 Å². The number of likely N-dealkylation sites (tertiary alicyclic amines) is 1.